The summed E-state index contributed by atoms with van der Waals surface area (Å²) < 4.78 is 5.43. The molecular formula is C20H29N3O4. The van der Waals surface area contributed by atoms with Crippen LogP contribution in [0, 0.1) is 5.92 Å². The standard InChI is InChI=1S/C20H29N3O4/c1-2-21-8-10-22(11-9-21)18-12-17(19(24)25)13-23(14-18)20(26)27-15-16-6-4-3-5-7-16/h3-7,17-18H,2,8-15H2,1H3,(H,24,25)/t17-,18-/m1/s1. The van der Waals surface area contributed by atoms with Crippen molar-refractivity contribution in [1.29, 1.82) is 0 Å². The van der Waals surface area contributed by atoms with Crippen LogP contribution in [-0.4, -0.2) is 83.7 Å². The lowest BCUT2D eigenvalue weighted by Gasteiger charge is -2.44. The summed E-state index contributed by atoms with van der Waals surface area (Å²) in [6.45, 7) is 7.95. The van der Waals surface area contributed by atoms with Crippen molar-refractivity contribution in [3.05, 3.63) is 35.9 Å². The number of piperazine rings is 1. The summed E-state index contributed by atoms with van der Waals surface area (Å²) in [6.07, 6.45) is 0.159. The Kier molecular flexibility index (Phi) is 6.68. The van der Waals surface area contributed by atoms with E-state index < -0.39 is 18.0 Å². The smallest absolute Gasteiger partial charge is 0.410 e. The lowest BCUT2D eigenvalue weighted by Crippen LogP contribution is -2.58. The molecule has 2 aliphatic heterocycles. The Bertz CT molecular complexity index is 631. The van der Waals surface area contributed by atoms with E-state index in [4.69, 9.17) is 4.74 Å². The normalized spacial score (nSPS) is 24.6. The number of carbonyl (C=O) groups is 2. The van der Waals surface area contributed by atoms with Gasteiger partial charge in [0.1, 0.15) is 6.61 Å². The molecule has 2 aliphatic rings. The molecule has 7 nitrogen and oxygen atoms in total. The maximum atomic E-state index is 12.6. The molecule has 1 aromatic rings. The number of hydrogen-bond donors (Lipinski definition) is 1. The number of benzene rings is 1. The molecule has 7 heteroatoms. The average Bonchev–Trinajstić information content (AvgIpc) is 2.72. The van der Waals surface area contributed by atoms with Crippen molar-refractivity contribution in [2.45, 2.75) is 26.0 Å². The fourth-order valence-electron chi connectivity index (χ4n) is 3.92. The zero-order valence-corrected chi connectivity index (χ0v) is 15.9. The van der Waals surface area contributed by atoms with Crippen LogP contribution in [0.15, 0.2) is 30.3 Å². The fraction of sp³-hybridized carbons (Fsp3) is 0.600. The monoisotopic (exact) mass is 375 g/mol. The van der Waals surface area contributed by atoms with Gasteiger partial charge in [-0.25, -0.2) is 4.79 Å². The molecular weight excluding hydrogens is 346 g/mol. The first-order chi connectivity index (χ1) is 13.1. The quantitative estimate of drug-likeness (QED) is 0.845. The van der Waals surface area contributed by atoms with Gasteiger partial charge < -0.3 is 19.6 Å². The highest BCUT2D eigenvalue weighted by atomic mass is 16.6. The van der Waals surface area contributed by atoms with Crippen molar-refractivity contribution < 1.29 is 19.4 Å². The van der Waals surface area contributed by atoms with Crippen molar-refractivity contribution in [2.75, 3.05) is 45.8 Å². The van der Waals surface area contributed by atoms with E-state index in [1.807, 2.05) is 30.3 Å². The van der Waals surface area contributed by atoms with Crippen LogP contribution >= 0.6 is 0 Å². The number of carbonyl (C=O) groups excluding carboxylic acids is 1. The first-order valence-electron chi connectivity index (χ1n) is 9.71. The van der Waals surface area contributed by atoms with Crippen LogP contribution in [0.1, 0.15) is 18.9 Å². The Balaban J connectivity index is 1.60. The molecule has 2 fully saturated rings. The number of piperidine rings is 1. The number of likely N-dealkylation sites (N-methyl/N-ethyl adjacent to an activating group) is 1. The molecule has 0 aliphatic carbocycles. The molecule has 0 spiro atoms. The second-order valence-electron chi connectivity index (χ2n) is 7.34. The van der Waals surface area contributed by atoms with Crippen molar-refractivity contribution in [3.8, 4) is 0 Å². The van der Waals surface area contributed by atoms with Gasteiger partial charge in [0.2, 0.25) is 0 Å². The largest absolute Gasteiger partial charge is 0.481 e. The molecule has 0 bridgehead atoms. The van der Waals surface area contributed by atoms with Gasteiger partial charge in [0, 0.05) is 45.3 Å². The Labute approximate surface area is 160 Å². The second-order valence-corrected chi connectivity index (χ2v) is 7.34. The van der Waals surface area contributed by atoms with Crippen molar-refractivity contribution in [1.82, 2.24) is 14.7 Å². The topological polar surface area (TPSA) is 73.3 Å². The number of carboxylic acids is 1. The van der Waals surface area contributed by atoms with Gasteiger partial charge in [-0.05, 0) is 18.5 Å². The number of nitrogens with zero attached hydrogens (tertiary/aromatic N) is 3. The van der Waals surface area contributed by atoms with E-state index in [0.29, 0.717) is 13.0 Å². The fourth-order valence-corrected chi connectivity index (χ4v) is 3.92. The number of likely N-dealkylation sites (tertiary alicyclic amines) is 1. The molecule has 3 rings (SSSR count). The number of carboxylic acid groups (broad SMARTS) is 1. The van der Waals surface area contributed by atoms with Crippen LogP contribution < -0.4 is 0 Å². The molecule has 2 heterocycles. The van der Waals surface area contributed by atoms with E-state index in [1.54, 1.807) is 4.90 Å². The first-order valence-corrected chi connectivity index (χ1v) is 9.71. The molecule has 0 radical (unpaired) electrons. The molecule has 0 unspecified atom stereocenters. The minimum absolute atomic E-state index is 0.0723. The minimum Gasteiger partial charge on any atom is -0.481 e. The van der Waals surface area contributed by atoms with Crippen molar-refractivity contribution >= 4 is 12.1 Å². The molecule has 1 N–H and O–H groups in total. The second kappa shape index (κ2) is 9.19. The summed E-state index contributed by atoms with van der Waals surface area (Å²) in [5.41, 5.74) is 0.921. The highest BCUT2D eigenvalue weighted by molar-refractivity contribution is 5.73. The van der Waals surface area contributed by atoms with Crippen LogP contribution in [0.4, 0.5) is 4.79 Å². The van der Waals surface area contributed by atoms with Crippen LogP contribution in [0.2, 0.25) is 0 Å². The third kappa shape index (κ3) is 5.20. The third-order valence-electron chi connectivity index (χ3n) is 5.61. The number of rotatable bonds is 5. The molecule has 1 aromatic carbocycles. The van der Waals surface area contributed by atoms with E-state index in [1.165, 1.54) is 0 Å². The lowest BCUT2D eigenvalue weighted by molar-refractivity contribution is -0.144. The minimum atomic E-state index is -0.840. The van der Waals surface area contributed by atoms with Gasteiger partial charge in [0.25, 0.3) is 0 Å². The van der Waals surface area contributed by atoms with E-state index in [2.05, 4.69) is 16.7 Å². The lowest BCUT2D eigenvalue weighted by atomic mass is 9.93. The molecule has 2 atom stereocenters. The van der Waals surface area contributed by atoms with Crippen LogP contribution in [0.25, 0.3) is 0 Å². The summed E-state index contributed by atoms with van der Waals surface area (Å²) in [7, 11) is 0. The van der Waals surface area contributed by atoms with Gasteiger partial charge in [0.05, 0.1) is 5.92 Å². The Morgan fingerprint density at radius 2 is 1.81 bits per heavy atom. The van der Waals surface area contributed by atoms with Crippen LogP contribution in [0.3, 0.4) is 0 Å². The maximum absolute atomic E-state index is 12.6. The summed E-state index contributed by atoms with van der Waals surface area (Å²) in [5.74, 6) is -1.38. The van der Waals surface area contributed by atoms with E-state index in [-0.39, 0.29) is 19.2 Å². The van der Waals surface area contributed by atoms with E-state index >= 15 is 0 Å². The third-order valence-corrected chi connectivity index (χ3v) is 5.61. The Morgan fingerprint density at radius 3 is 2.44 bits per heavy atom. The highest BCUT2D eigenvalue weighted by Gasteiger charge is 2.37. The summed E-state index contributed by atoms with van der Waals surface area (Å²) >= 11 is 0. The maximum Gasteiger partial charge on any atom is 0.410 e. The number of ether oxygens (including phenoxy) is 1. The highest BCUT2D eigenvalue weighted by Crippen LogP contribution is 2.23. The summed E-state index contributed by atoms with van der Waals surface area (Å²) in [4.78, 5) is 30.5. The van der Waals surface area contributed by atoms with Crippen molar-refractivity contribution in [2.24, 2.45) is 5.92 Å². The molecule has 0 aromatic heterocycles. The molecule has 148 valence electrons. The zero-order chi connectivity index (χ0) is 19.2. The first kappa shape index (κ1) is 19.6. The predicted molar refractivity (Wildman–Crippen MR) is 101 cm³/mol. The number of aliphatic carboxylic acids is 1. The molecule has 27 heavy (non-hydrogen) atoms. The van der Waals surface area contributed by atoms with Gasteiger partial charge in [0.15, 0.2) is 0 Å². The average molecular weight is 375 g/mol. The SMILES string of the molecule is CCN1CCN([C@@H]2C[C@@H](C(=O)O)CN(C(=O)OCc3ccccc3)C2)CC1. The van der Waals surface area contributed by atoms with Crippen LogP contribution in [-0.2, 0) is 16.1 Å². The van der Waals surface area contributed by atoms with Gasteiger partial charge in [-0.3, -0.25) is 9.69 Å². The van der Waals surface area contributed by atoms with Crippen molar-refractivity contribution in [3.63, 3.8) is 0 Å². The Hall–Kier alpha value is -2.12. The number of hydrogen-bond acceptors (Lipinski definition) is 5. The number of amides is 1. The Morgan fingerprint density at radius 1 is 1.11 bits per heavy atom. The summed E-state index contributed by atoms with van der Waals surface area (Å²) in [5, 5.41) is 9.54. The van der Waals surface area contributed by atoms with E-state index in [9.17, 15) is 14.7 Å². The van der Waals surface area contributed by atoms with Gasteiger partial charge in [-0.1, -0.05) is 37.3 Å². The molecule has 2 saturated heterocycles. The van der Waals surface area contributed by atoms with E-state index in [0.717, 1.165) is 38.3 Å². The van der Waals surface area contributed by atoms with Gasteiger partial charge in [-0.15, -0.1) is 0 Å². The molecule has 1 amide bonds. The van der Waals surface area contributed by atoms with Gasteiger partial charge >= 0.3 is 12.1 Å². The summed E-state index contributed by atoms with van der Waals surface area (Å²) in [6, 6.07) is 9.59. The zero-order valence-electron chi connectivity index (χ0n) is 15.9. The van der Waals surface area contributed by atoms with Gasteiger partial charge in [-0.2, -0.15) is 0 Å². The predicted octanol–water partition coefficient (Wildman–Crippen LogP) is 1.74. The van der Waals surface area contributed by atoms with Crippen LogP contribution in [0.5, 0.6) is 0 Å². The molecule has 0 saturated carbocycles.